The molecule has 0 spiro atoms. The van der Waals surface area contributed by atoms with Gasteiger partial charge < -0.3 is 4.57 Å². The summed E-state index contributed by atoms with van der Waals surface area (Å²) in [5, 5.41) is 6.04. The second kappa shape index (κ2) is 15.3. The van der Waals surface area contributed by atoms with Crippen molar-refractivity contribution in [2.75, 3.05) is 0 Å². The molecule has 0 fully saturated rings. The van der Waals surface area contributed by atoms with Crippen LogP contribution in [0.2, 0.25) is 0 Å². The molecule has 3 heterocycles. The number of aromatic nitrogens is 3. The van der Waals surface area contributed by atoms with Crippen LogP contribution < -0.4 is 0 Å². The number of fused-ring (bicyclic) bond motifs is 6. The van der Waals surface area contributed by atoms with Crippen LogP contribution in [0.25, 0.3) is 116 Å². The van der Waals surface area contributed by atoms with Crippen LogP contribution in [0.3, 0.4) is 0 Å². The van der Waals surface area contributed by atoms with Crippen molar-refractivity contribution in [1.29, 1.82) is 0 Å². The lowest BCUT2D eigenvalue weighted by atomic mass is 9.92. The molecule has 0 aliphatic carbocycles. The SMILES string of the molecule is c1ccc(-c2cc(-c3ccc(-c4ccc5ccc6nc(-c7ccccc7)cc(-c7ccccc7)c6c5c4)cc3)cc(-c3cccc(-n4c5ccccc5c5ccccc54)c3)n2)cc1. The van der Waals surface area contributed by atoms with E-state index in [0.717, 1.165) is 72.6 Å². The third-order valence-corrected chi connectivity index (χ3v) is 12.4. The van der Waals surface area contributed by atoms with E-state index in [0.29, 0.717) is 0 Å². The molecule has 0 saturated heterocycles. The van der Waals surface area contributed by atoms with Crippen LogP contribution >= 0.6 is 0 Å². The van der Waals surface area contributed by atoms with Crippen molar-refractivity contribution in [3.05, 3.63) is 237 Å². The maximum atomic E-state index is 5.30. The Bertz CT molecular complexity index is 3590. The van der Waals surface area contributed by atoms with Gasteiger partial charge in [-0.2, -0.15) is 0 Å². The molecule has 294 valence electrons. The molecule has 3 aromatic heterocycles. The number of benzene rings is 9. The molecule has 0 amide bonds. The first kappa shape index (κ1) is 36.5. The highest BCUT2D eigenvalue weighted by atomic mass is 15.0. The minimum atomic E-state index is 0.928. The van der Waals surface area contributed by atoms with Crippen LogP contribution in [0.1, 0.15) is 0 Å². The van der Waals surface area contributed by atoms with Crippen LogP contribution in [-0.4, -0.2) is 14.5 Å². The quantitative estimate of drug-likeness (QED) is 0.150. The molecule has 0 unspecified atom stereocenters. The van der Waals surface area contributed by atoms with Gasteiger partial charge in [0.1, 0.15) is 0 Å². The van der Waals surface area contributed by atoms with Crippen molar-refractivity contribution in [2.24, 2.45) is 0 Å². The second-order valence-corrected chi connectivity index (χ2v) is 16.2. The van der Waals surface area contributed by atoms with Crippen molar-refractivity contribution in [3.8, 4) is 72.8 Å². The summed E-state index contributed by atoms with van der Waals surface area (Å²) in [7, 11) is 0. The lowest BCUT2D eigenvalue weighted by molar-refractivity contribution is 1.18. The number of hydrogen-bond donors (Lipinski definition) is 0. The molecular weight excluding hydrogens is 763 g/mol. The molecule has 63 heavy (non-hydrogen) atoms. The van der Waals surface area contributed by atoms with Crippen molar-refractivity contribution < 1.29 is 0 Å². The minimum Gasteiger partial charge on any atom is -0.309 e. The summed E-state index contributed by atoms with van der Waals surface area (Å²) < 4.78 is 2.37. The van der Waals surface area contributed by atoms with Crippen molar-refractivity contribution in [3.63, 3.8) is 0 Å². The fourth-order valence-corrected chi connectivity index (χ4v) is 9.30. The molecule has 0 bridgehead atoms. The first-order valence-corrected chi connectivity index (χ1v) is 21.5. The highest BCUT2D eigenvalue weighted by Crippen LogP contribution is 2.39. The Morgan fingerprint density at radius 2 is 0.794 bits per heavy atom. The number of nitrogens with zero attached hydrogens (tertiary/aromatic N) is 3. The topological polar surface area (TPSA) is 30.7 Å². The molecule has 12 rings (SSSR count). The molecule has 0 aliphatic heterocycles. The van der Waals surface area contributed by atoms with Gasteiger partial charge in [0.25, 0.3) is 0 Å². The lowest BCUT2D eigenvalue weighted by Gasteiger charge is -2.14. The fourth-order valence-electron chi connectivity index (χ4n) is 9.30. The Kier molecular flexibility index (Phi) is 8.83. The summed E-state index contributed by atoms with van der Waals surface area (Å²) in [6.45, 7) is 0. The number of para-hydroxylation sites is 2. The van der Waals surface area contributed by atoms with Gasteiger partial charge in [0.05, 0.1) is 33.6 Å². The Morgan fingerprint density at radius 3 is 1.44 bits per heavy atom. The predicted molar refractivity (Wildman–Crippen MR) is 264 cm³/mol. The summed E-state index contributed by atoms with van der Waals surface area (Å²) in [5.74, 6) is 0. The molecule has 3 nitrogen and oxygen atoms in total. The average Bonchev–Trinajstić information content (AvgIpc) is 3.71. The molecular formula is C60H39N3. The fraction of sp³-hybridized carbons (Fsp3) is 0. The second-order valence-electron chi connectivity index (χ2n) is 16.2. The van der Waals surface area contributed by atoms with Crippen LogP contribution in [0.5, 0.6) is 0 Å². The van der Waals surface area contributed by atoms with Gasteiger partial charge in [-0.1, -0.05) is 182 Å². The van der Waals surface area contributed by atoms with E-state index in [1.165, 1.54) is 43.7 Å². The summed E-state index contributed by atoms with van der Waals surface area (Å²) in [6.07, 6.45) is 0. The maximum absolute atomic E-state index is 5.30. The summed E-state index contributed by atoms with van der Waals surface area (Å²) in [4.78, 5) is 10.5. The third kappa shape index (κ3) is 6.55. The Balaban J connectivity index is 0.955. The molecule has 9 aromatic carbocycles. The van der Waals surface area contributed by atoms with E-state index in [-0.39, 0.29) is 0 Å². The van der Waals surface area contributed by atoms with E-state index < -0.39 is 0 Å². The van der Waals surface area contributed by atoms with E-state index in [1.807, 2.05) is 0 Å². The zero-order valence-corrected chi connectivity index (χ0v) is 34.4. The van der Waals surface area contributed by atoms with E-state index in [2.05, 4.69) is 241 Å². The van der Waals surface area contributed by atoms with Crippen molar-refractivity contribution >= 4 is 43.5 Å². The van der Waals surface area contributed by atoms with E-state index >= 15 is 0 Å². The molecule has 0 aliphatic rings. The van der Waals surface area contributed by atoms with Crippen LogP contribution in [-0.2, 0) is 0 Å². The normalized spacial score (nSPS) is 11.5. The molecule has 12 aromatic rings. The van der Waals surface area contributed by atoms with Gasteiger partial charge in [-0.25, -0.2) is 9.97 Å². The summed E-state index contributed by atoms with van der Waals surface area (Å²) in [5.41, 5.74) is 17.5. The lowest BCUT2D eigenvalue weighted by Crippen LogP contribution is -1.96. The van der Waals surface area contributed by atoms with Gasteiger partial charge >= 0.3 is 0 Å². The van der Waals surface area contributed by atoms with Crippen molar-refractivity contribution in [2.45, 2.75) is 0 Å². The smallest absolute Gasteiger partial charge is 0.0722 e. The highest BCUT2D eigenvalue weighted by Gasteiger charge is 2.16. The van der Waals surface area contributed by atoms with Crippen molar-refractivity contribution in [1.82, 2.24) is 14.5 Å². The Hall–Kier alpha value is -8.40. The molecule has 0 N–H and O–H groups in total. The van der Waals surface area contributed by atoms with Crippen LogP contribution in [0, 0.1) is 0 Å². The first-order valence-electron chi connectivity index (χ1n) is 21.5. The largest absolute Gasteiger partial charge is 0.309 e. The van der Waals surface area contributed by atoms with Gasteiger partial charge in [-0.3, -0.25) is 0 Å². The van der Waals surface area contributed by atoms with E-state index in [4.69, 9.17) is 9.97 Å². The zero-order valence-electron chi connectivity index (χ0n) is 34.4. The average molecular weight is 802 g/mol. The van der Waals surface area contributed by atoms with Gasteiger partial charge in [0.15, 0.2) is 0 Å². The molecule has 0 radical (unpaired) electrons. The highest BCUT2D eigenvalue weighted by molar-refractivity contribution is 6.15. The maximum Gasteiger partial charge on any atom is 0.0722 e. The Labute approximate surface area is 365 Å². The summed E-state index contributed by atoms with van der Waals surface area (Å²) in [6, 6.07) is 84.6. The van der Waals surface area contributed by atoms with Gasteiger partial charge in [-0.05, 0) is 98.8 Å². The minimum absolute atomic E-state index is 0.928. The number of hydrogen-bond acceptors (Lipinski definition) is 2. The zero-order chi connectivity index (χ0) is 41.7. The predicted octanol–water partition coefficient (Wildman–Crippen LogP) is 15.9. The van der Waals surface area contributed by atoms with Gasteiger partial charge in [0.2, 0.25) is 0 Å². The van der Waals surface area contributed by atoms with E-state index in [9.17, 15) is 0 Å². The monoisotopic (exact) mass is 801 g/mol. The van der Waals surface area contributed by atoms with Crippen LogP contribution in [0.15, 0.2) is 237 Å². The Morgan fingerprint density at radius 1 is 0.286 bits per heavy atom. The van der Waals surface area contributed by atoms with Gasteiger partial charge in [-0.15, -0.1) is 0 Å². The number of rotatable bonds is 7. The van der Waals surface area contributed by atoms with E-state index in [1.54, 1.807) is 0 Å². The molecule has 0 atom stereocenters. The van der Waals surface area contributed by atoms with Gasteiger partial charge in [0, 0.05) is 38.5 Å². The summed E-state index contributed by atoms with van der Waals surface area (Å²) >= 11 is 0. The van der Waals surface area contributed by atoms with Crippen LogP contribution in [0.4, 0.5) is 0 Å². The molecule has 3 heteroatoms. The molecule has 0 saturated carbocycles. The first-order chi connectivity index (χ1) is 31.2. The third-order valence-electron chi connectivity index (χ3n) is 12.4. The number of pyridine rings is 2. The standard InChI is InChI=1S/C60H39N3/c1-4-15-42(16-5-1)53-39-57(45-19-8-3-9-20-45)61-54-34-33-43-31-32-46(36-52(43)60(53)54)40-27-29-41(30-28-40)48-37-55(44-17-6-2-7-18-44)62-56(38-48)47-21-14-22-49(35-47)63-58-25-12-10-23-50(58)51-24-11-13-26-59(51)63/h1-39H.